The van der Waals surface area contributed by atoms with Crippen molar-refractivity contribution in [3.05, 3.63) is 18.2 Å². The van der Waals surface area contributed by atoms with Crippen molar-refractivity contribution in [2.24, 2.45) is 12.5 Å². The molecule has 1 saturated carbocycles. The molecule has 1 N–H and O–H groups in total. The van der Waals surface area contributed by atoms with Crippen LogP contribution in [0.2, 0.25) is 0 Å². The zero-order valence-electron chi connectivity index (χ0n) is 12.8. The van der Waals surface area contributed by atoms with E-state index in [-0.39, 0.29) is 0 Å². The molecule has 1 aromatic heterocycles. The van der Waals surface area contributed by atoms with Crippen molar-refractivity contribution in [1.29, 1.82) is 0 Å². The maximum Gasteiger partial charge on any atom is 0.122 e. The van der Waals surface area contributed by atoms with Crippen molar-refractivity contribution in [2.75, 3.05) is 20.1 Å². The summed E-state index contributed by atoms with van der Waals surface area (Å²) in [5.41, 5.74) is 0.350. The Morgan fingerprint density at radius 3 is 2.79 bits per heavy atom. The molecular weight excluding hydrogens is 236 g/mol. The summed E-state index contributed by atoms with van der Waals surface area (Å²) in [4.78, 5) is 6.79. The molecule has 1 unspecified atom stereocenters. The third-order valence-corrected chi connectivity index (χ3v) is 4.23. The summed E-state index contributed by atoms with van der Waals surface area (Å²) in [6.45, 7) is 7.83. The fourth-order valence-corrected chi connectivity index (χ4v) is 2.47. The number of nitrogens with zero attached hydrogens (tertiary/aromatic N) is 3. The van der Waals surface area contributed by atoms with Gasteiger partial charge in [0.15, 0.2) is 0 Å². The molecule has 0 saturated heterocycles. The topological polar surface area (TPSA) is 33.1 Å². The molecule has 1 aliphatic rings. The van der Waals surface area contributed by atoms with E-state index in [0.717, 1.165) is 31.5 Å². The number of aromatic nitrogens is 2. The second kappa shape index (κ2) is 6.06. The van der Waals surface area contributed by atoms with Gasteiger partial charge >= 0.3 is 0 Å². The molecule has 4 heteroatoms. The molecule has 0 bridgehead atoms. The lowest BCUT2D eigenvalue weighted by Crippen LogP contribution is -2.41. The summed E-state index contributed by atoms with van der Waals surface area (Å²) in [5, 5.41) is 3.68. The first-order valence-corrected chi connectivity index (χ1v) is 7.40. The van der Waals surface area contributed by atoms with Crippen molar-refractivity contribution < 1.29 is 0 Å². The van der Waals surface area contributed by atoms with Crippen molar-refractivity contribution in [1.82, 2.24) is 19.8 Å². The van der Waals surface area contributed by atoms with E-state index < -0.39 is 0 Å². The number of nitrogens with one attached hydrogen (secondary N) is 1. The molecular formula is C15H28N4. The Morgan fingerprint density at radius 1 is 1.53 bits per heavy atom. The first kappa shape index (κ1) is 14.5. The smallest absolute Gasteiger partial charge is 0.122 e. The van der Waals surface area contributed by atoms with Gasteiger partial charge in [-0.1, -0.05) is 13.8 Å². The zero-order chi connectivity index (χ0) is 13.9. The van der Waals surface area contributed by atoms with E-state index in [1.807, 2.05) is 12.4 Å². The Balaban J connectivity index is 1.83. The predicted octanol–water partition coefficient (Wildman–Crippen LogP) is 2.02. The summed E-state index contributed by atoms with van der Waals surface area (Å²) < 4.78 is 2.10. The second-order valence-electron chi connectivity index (χ2n) is 6.45. The minimum absolute atomic E-state index is 0.350. The van der Waals surface area contributed by atoms with E-state index in [0.29, 0.717) is 5.41 Å². The van der Waals surface area contributed by atoms with E-state index in [2.05, 4.69) is 47.7 Å². The molecule has 108 valence electrons. The third-order valence-electron chi connectivity index (χ3n) is 4.23. The van der Waals surface area contributed by atoms with Gasteiger partial charge in [-0.25, -0.2) is 4.98 Å². The Morgan fingerprint density at radius 2 is 2.26 bits per heavy atom. The Hall–Kier alpha value is -0.870. The summed E-state index contributed by atoms with van der Waals surface area (Å²) in [6, 6.07) is 0.797. The summed E-state index contributed by atoms with van der Waals surface area (Å²) >= 11 is 0. The minimum atomic E-state index is 0.350. The highest BCUT2D eigenvalue weighted by Crippen LogP contribution is 2.25. The molecule has 0 aromatic carbocycles. The molecule has 1 fully saturated rings. The van der Waals surface area contributed by atoms with Gasteiger partial charge in [0.2, 0.25) is 0 Å². The second-order valence-corrected chi connectivity index (χ2v) is 6.45. The summed E-state index contributed by atoms with van der Waals surface area (Å²) in [7, 11) is 4.25. The highest BCUT2D eigenvalue weighted by Gasteiger charge is 2.28. The van der Waals surface area contributed by atoms with Gasteiger partial charge in [0.05, 0.1) is 6.54 Å². The fourth-order valence-electron chi connectivity index (χ4n) is 2.47. The standard InChI is InChI=1S/C15H28N4/c1-5-15(2,11-17-13-6-7-13)12-18(3)10-14-16-8-9-19(14)4/h8-9,13,17H,5-7,10-12H2,1-4H3. The van der Waals surface area contributed by atoms with Gasteiger partial charge in [-0.2, -0.15) is 0 Å². The van der Waals surface area contributed by atoms with Crippen LogP contribution in [0.15, 0.2) is 12.4 Å². The Bertz CT molecular complexity index is 397. The monoisotopic (exact) mass is 264 g/mol. The molecule has 1 heterocycles. The van der Waals surface area contributed by atoms with Gasteiger partial charge < -0.3 is 9.88 Å². The lowest BCUT2D eigenvalue weighted by atomic mass is 9.86. The first-order chi connectivity index (χ1) is 9.02. The normalized spacial score (nSPS) is 18.8. The number of hydrogen-bond donors (Lipinski definition) is 1. The van der Waals surface area contributed by atoms with Crippen LogP contribution in [0.25, 0.3) is 0 Å². The van der Waals surface area contributed by atoms with Gasteiger partial charge in [0.1, 0.15) is 5.82 Å². The fraction of sp³-hybridized carbons (Fsp3) is 0.800. The van der Waals surface area contributed by atoms with Crippen LogP contribution in [0.1, 0.15) is 38.9 Å². The molecule has 19 heavy (non-hydrogen) atoms. The minimum Gasteiger partial charge on any atom is -0.337 e. The number of hydrogen-bond acceptors (Lipinski definition) is 3. The number of aryl methyl sites for hydroxylation is 1. The maximum absolute atomic E-state index is 4.40. The lowest BCUT2D eigenvalue weighted by molar-refractivity contribution is 0.171. The van der Waals surface area contributed by atoms with Crippen LogP contribution >= 0.6 is 0 Å². The van der Waals surface area contributed by atoms with Crippen molar-refractivity contribution >= 4 is 0 Å². The van der Waals surface area contributed by atoms with Crippen LogP contribution < -0.4 is 5.32 Å². The average Bonchev–Trinajstić information content (AvgIpc) is 3.12. The van der Waals surface area contributed by atoms with Gasteiger partial charge in [-0.05, 0) is 31.7 Å². The van der Waals surface area contributed by atoms with Crippen LogP contribution in [0.5, 0.6) is 0 Å². The maximum atomic E-state index is 4.40. The molecule has 0 radical (unpaired) electrons. The van der Waals surface area contributed by atoms with Crippen molar-refractivity contribution in [2.45, 2.75) is 45.7 Å². The third kappa shape index (κ3) is 4.32. The number of rotatable bonds is 8. The first-order valence-electron chi connectivity index (χ1n) is 7.40. The molecule has 0 spiro atoms. The summed E-state index contributed by atoms with van der Waals surface area (Å²) in [5.74, 6) is 1.14. The highest BCUT2D eigenvalue weighted by molar-refractivity contribution is 4.92. The Kier molecular flexibility index (Phi) is 4.63. The van der Waals surface area contributed by atoms with Crippen LogP contribution in [0.4, 0.5) is 0 Å². The summed E-state index contributed by atoms with van der Waals surface area (Å²) in [6.07, 6.45) is 7.82. The van der Waals surface area contributed by atoms with Gasteiger partial charge in [0, 0.05) is 38.6 Å². The highest BCUT2D eigenvalue weighted by atomic mass is 15.2. The van der Waals surface area contributed by atoms with E-state index in [4.69, 9.17) is 0 Å². The SMILES string of the molecule is CCC(C)(CNC1CC1)CN(C)Cc1nccn1C. The van der Waals surface area contributed by atoms with Crippen LogP contribution in [0.3, 0.4) is 0 Å². The molecule has 4 nitrogen and oxygen atoms in total. The van der Waals surface area contributed by atoms with Crippen molar-refractivity contribution in [3.63, 3.8) is 0 Å². The van der Waals surface area contributed by atoms with Crippen LogP contribution in [0, 0.1) is 5.41 Å². The number of imidazole rings is 1. The molecule has 0 aliphatic heterocycles. The molecule has 1 aliphatic carbocycles. The van der Waals surface area contributed by atoms with Crippen LogP contribution in [-0.2, 0) is 13.6 Å². The van der Waals surface area contributed by atoms with E-state index in [1.54, 1.807) is 0 Å². The van der Waals surface area contributed by atoms with Crippen LogP contribution in [-0.4, -0.2) is 40.6 Å². The lowest BCUT2D eigenvalue weighted by Gasteiger charge is -2.33. The molecule has 1 atom stereocenters. The zero-order valence-corrected chi connectivity index (χ0v) is 12.8. The van der Waals surface area contributed by atoms with Gasteiger partial charge in [-0.15, -0.1) is 0 Å². The van der Waals surface area contributed by atoms with E-state index >= 15 is 0 Å². The molecule has 2 rings (SSSR count). The quantitative estimate of drug-likeness (QED) is 0.780. The predicted molar refractivity (Wildman–Crippen MR) is 79.0 cm³/mol. The van der Waals surface area contributed by atoms with Gasteiger partial charge in [-0.3, -0.25) is 4.90 Å². The average molecular weight is 264 g/mol. The van der Waals surface area contributed by atoms with Gasteiger partial charge in [0.25, 0.3) is 0 Å². The van der Waals surface area contributed by atoms with E-state index in [1.165, 1.54) is 19.3 Å². The largest absolute Gasteiger partial charge is 0.337 e. The Labute approximate surface area is 117 Å². The molecule has 1 aromatic rings. The van der Waals surface area contributed by atoms with E-state index in [9.17, 15) is 0 Å². The molecule has 0 amide bonds. The van der Waals surface area contributed by atoms with Crippen molar-refractivity contribution in [3.8, 4) is 0 Å².